The number of piperazine rings is 1. The summed E-state index contributed by atoms with van der Waals surface area (Å²) in [5.74, 6) is -1.66. The zero-order chi connectivity index (χ0) is 13.3. The molecular weight excluding hydrogens is 238 g/mol. The fourth-order valence-corrected chi connectivity index (χ4v) is 2.11. The van der Waals surface area contributed by atoms with E-state index in [1.807, 2.05) is 6.92 Å². The van der Waals surface area contributed by atoms with Crippen LogP contribution in [-0.2, 0) is 0 Å². The average Bonchev–Trinajstić information content (AvgIpc) is 2.33. The van der Waals surface area contributed by atoms with Gasteiger partial charge in [-0.3, -0.25) is 4.79 Å². The molecule has 0 radical (unpaired) electrons. The number of nitrogens with zero attached hydrogens (tertiary/aromatic N) is 1. The van der Waals surface area contributed by atoms with Crippen molar-refractivity contribution >= 4 is 5.91 Å². The third-order valence-corrected chi connectivity index (χ3v) is 3.24. The number of hydrogen-bond acceptors (Lipinski definition) is 2. The van der Waals surface area contributed by atoms with Gasteiger partial charge in [0.1, 0.15) is 11.6 Å². The van der Waals surface area contributed by atoms with Crippen molar-refractivity contribution < 1.29 is 13.6 Å². The molecule has 0 aliphatic carbocycles. The van der Waals surface area contributed by atoms with Gasteiger partial charge in [0.05, 0.1) is 5.56 Å². The molecule has 1 fully saturated rings. The van der Waals surface area contributed by atoms with E-state index in [0.717, 1.165) is 12.1 Å². The lowest BCUT2D eigenvalue weighted by Gasteiger charge is -2.34. The Morgan fingerprint density at radius 1 is 1.39 bits per heavy atom. The molecule has 3 nitrogen and oxygen atoms in total. The predicted octanol–water partition coefficient (Wildman–Crippen LogP) is 1.71. The van der Waals surface area contributed by atoms with Gasteiger partial charge in [-0.05, 0) is 31.5 Å². The van der Waals surface area contributed by atoms with E-state index in [-0.39, 0.29) is 17.2 Å². The summed E-state index contributed by atoms with van der Waals surface area (Å²) in [6.45, 7) is 5.20. The molecule has 1 aliphatic rings. The largest absolute Gasteiger partial charge is 0.333 e. The van der Waals surface area contributed by atoms with Crippen LogP contribution in [0.4, 0.5) is 8.78 Å². The number of amides is 1. The monoisotopic (exact) mass is 254 g/mol. The molecule has 1 heterocycles. The highest BCUT2D eigenvalue weighted by molar-refractivity contribution is 5.94. The summed E-state index contributed by atoms with van der Waals surface area (Å²) in [4.78, 5) is 13.8. The molecule has 1 amide bonds. The van der Waals surface area contributed by atoms with Crippen LogP contribution in [0, 0.1) is 18.6 Å². The molecule has 1 atom stereocenters. The first kappa shape index (κ1) is 13.0. The van der Waals surface area contributed by atoms with E-state index in [9.17, 15) is 13.6 Å². The first-order chi connectivity index (χ1) is 8.50. The van der Waals surface area contributed by atoms with Crippen molar-refractivity contribution in [1.82, 2.24) is 10.2 Å². The van der Waals surface area contributed by atoms with E-state index in [2.05, 4.69) is 5.32 Å². The van der Waals surface area contributed by atoms with Gasteiger partial charge in [-0.15, -0.1) is 0 Å². The van der Waals surface area contributed by atoms with E-state index in [0.29, 0.717) is 19.6 Å². The molecule has 2 rings (SSSR count). The first-order valence-electron chi connectivity index (χ1n) is 5.98. The van der Waals surface area contributed by atoms with Gasteiger partial charge in [-0.25, -0.2) is 8.78 Å². The highest BCUT2D eigenvalue weighted by atomic mass is 19.1. The Kier molecular flexibility index (Phi) is 3.61. The van der Waals surface area contributed by atoms with Crippen LogP contribution in [0.15, 0.2) is 12.1 Å². The number of carbonyl (C=O) groups is 1. The molecule has 0 bridgehead atoms. The van der Waals surface area contributed by atoms with Crippen LogP contribution in [0.3, 0.4) is 0 Å². The average molecular weight is 254 g/mol. The number of halogens is 2. The van der Waals surface area contributed by atoms with Gasteiger partial charge in [-0.2, -0.15) is 0 Å². The van der Waals surface area contributed by atoms with E-state index in [1.165, 1.54) is 6.92 Å². The van der Waals surface area contributed by atoms with E-state index >= 15 is 0 Å². The quantitative estimate of drug-likeness (QED) is 0.827. The van der Waals surface area contributed by atoms with Crippen LogP contribution in [-0.4, -0.2) is 36.5 Å². The van der Waals surface area contributed by atoms with Gasteiger partial charge in [0.25, 0.3) is 5.91 Å². The Morgan fingerprint density at radius 2 is 2.11 bits per heavy atom. The van der Waals surface area contributed by atoms with Crippen LogP contribution < -0.4 is 5.32 Å². The Labute approximate surface area is 105 Å². The summed E-state index contributed by atoms with van der Waals surface area (Å²) < 4.78 is 27.2. The van der Waals surface area contributed by atoms with Crippen molar-refractivity contribution in [2.24, 2.45) is 0 Å². The molecule has 0 spiro atoms. The standard InChI is InChI=1S/C13H16F2N2O/c1-8-5-12(15)10(6-11(8)14)13(18)17-4-3-16-7-9(17)2/h5-6,9,16H,3-4,7H2,1-2H3. The van der Waals surface area contributed by atoms with E-state index < -0.39 is 17.5 Å². The van der Waals surface area contributed by atoms with Crippen LogP contribution in [0.1, 0.15) is 22.8 Å². The number of rotatable bonds is 1. The number of carbonyl (C=O) groups excluding carboxylic acids is 1. The van der Waals surface area contributed by atoms with Gasteiger partial charge < -0.3 is 10.2 Å². The number of benzene rings is 1. The summed E-state index contributed by atoms with van der Waals surface area (Å²) in [6.07, 6.45) is 0. The van der Waals surface area contributed by atoms with Crippen molar-refractivity contribution in [1.29, 1.82) is 0 Å². The minimum atomic E-state index is -0.662. The van der Waals surface area contributed by atoms with Gasteiger partial charge in [0.15, 0.2) is 0 Å². The second-order valence-electron chi connectivity index (χ2n) is 4.63. The van der Waals surface area contributed by atoms with Crippen LogP contribution in [0.5, 0.6) is 0 Å². The van der Waals surface area contributed by atoms with Crippen LogP contribution in [0.2, 0.25) is 0 Å². The van der Waals surface area contributed by atoms with Crippen LogP contribution in [0.25, 0.3) is 0 Å². The molecule has 1 unspecified atom stereocenters. The minimum Gasteiger partial charge on any atom is -0.333 e. The van der Waals surface area contributed by atoms with Crippen molar-refractivity contribution in [3.8, 4) is 0 Å². The summed E-state index contributed by atoms with van der Waals surface area (Å²) >= 11 is 0. The molecule has 1 aromatic carbocycles. The minimum absolute atomic E-state index is 0.0185. The summed E-state index contributed by atoms with van der Waals surface area (Å²) in [7, 11) is 0. The topological polar surface area (TPSA) is 32.3 Å². The van der Waals surface area contributed by atoms with E-state index in [1.54, 1.807) is 4.90 Å². The Balaban J connectivity index is 2.30. The normalized spacial score (nSPS) is 20.0. The fourth-order valence-electron chi connectivity index (χ4n) is 2.11. The second-order valence-corrected chi connectivity index (χ2v) is 4.63. The lowest BCUT2D eigenvalue weighted by Crippen LogP contribution is -2.52. The van der Waals surface area contributed by atoms with Crippen LogP contribution >= 0.6 is 0 Å². The molecular formula is C13H16F2N2O. The lowest BCUT2D eigenvalue weighted by molar-refractivity contribution is 0.0650. The molecule has 1 aromatic rings. The second kappa shape index (κ2) is 5.02. The van der Waals surface area contributed by atoms with Gasteiger partial charge in [-0.1, -0.05) is 0 Å². The summed E-state index contributed by atoms with van der Waals surface area (Å²) in [5, 5.41) is 3.14. The molecule has 1 N–H and O–H groups in total. The number of aryl methyl sites for hydroxylation is 1. The Morgan fingerprint density at radius 3 is 2.78 bits per heavy atom. The smallest absolute Gasteiger partial charge is 0.257 e. The third kappa shape index (κ3) is 2.36. The number of hydrogen-bond donors (Lipinski definition) is 1. The highest BCUT2D eigenvalue weighted by Crippen LogP contribution is 2.17. The Hall–Kier alpha value is -1.49. The maximum Gasteiger partial charge on any atom is 0.257 e. The van der Waals surface area contributed by atoms with E-state index in [4.69, 9.17) is 0 Å². The number of nitrogens with one attached hydrogen (secondary N) is 1. The molecule has 1 aliphatic heterocycles. The summed E-state index contributed by atoms with van der Waals surface area (Å²) in [5.41, 5.74) is 0.0178. The van der Waals surface area contributed by atoms with Crippen molar-refractivity contribution in [3.05, 3.63) is 34.9 Å². The molecule has 5 heteroatoms. The molecule has 18 heavy (non-hydrogen) atoms. The van der Waals surface area contributed by atoms with Gasteiger partial charge in [0.2, 0.25) is 0 Å². The maximum atomic E-state index is 13.7. The fraction of sp³-hybridized carbons (Fsp3) is 0.462. The van der Waals surface area contributed by atoms with Crippen molar-refractivity contribution in [2.45, 2.75) is 19.9 Å². The summed E-state index contributed by atoms with van der Waals surface area (Å²) in [6, 6.07) is 2.03. The van der Waals surface area contributed by atoms with Crippen molar-refractivity contribution in [2.75, 3.05) is 19.6 Å². The lowest BCUT2D eigenvalue weighted by atomic mass is 10.1. The van der Waals surface area contributed by atoms with Gasteiger partial charge >= 0.3 is 0 Å². The first-order valence-corrected chi connectivity index (χ1v) is 5.98. The van der Waals surface area contributed by atoms with Gasteiger partial charge in [0, 0.05) is 25.7 Å². The SMILES string of the molecule is Cc1cc(F)c(C(=O)N2CCNCC2C)cc1F. The zero-order valence-corrected chi connectivity index (χ0v) is 10.5. The zero-order valence-electron chi connectivity index (χ0n) is 10.5. The molecule has 98 valence electrons. The highest BCUT2D eigenvalue weighted by Gasteiger charge is 2.26. The maximum absolute atomic E-state index is 13.7. The predicted molar refractivity (Wildman–Crippen MR) is 64.5 cm³/mol. The van der Waals surface area contributed by atoms with Crippen molar-refractivity contribution in [3.63, 3.8) is 0 Å². The molecule has 0 saturated carbocycles. The molecule has 0 aromatic heterocycles. The Bertz CT molecular complexity index is 476. The third-order valence-electron chi connectivity index (χ3n) is 3.24. The molecule has 1 saturated heterocycles.